The number of fused-ring (bicyclic) bond motifs is 1. The van der Waals surface area contributed by atoms with Gasteiger partial charge in [-0.15, -0.1) is 0 Å². The van der Waals surface area contributed by atoms with Crippen molar-refractivity contribution in [2.24, 2.45) is 0 Å². The number of alkyl halides is 4. The lowest BCUT2D eigenvalue weighted by atomic mass is 10.2. The van der Waals surface area contributed by atoms with Crippen LogP contribution in [0.4, 0.5) is 23.5 Å². The SMILES string of the molecule is O=C(NCC(F)(F)F)[C@@H]1C[C@H](F)CN1c1ncnc(-c2c[nH]c3ncc(Cl)cc23)n1. The molecule has 2 atom stereocenters. The molecule has 0 radical (unpaired) electrons. The number of carbonyl (C=O) groups excluding carboxylic acids is 1. The van der Waals surface area contributed by atoms with Gasteiger partial charge in [-0.25, -0.2) is 19.3 Å². The van der Waals surface area contributed by atoms with Crippen LogP contribution in [-0.4, -0.2) is 62.3 Å². The molecule has 1 amide bonds. The van der Waals surface area contributed by atoms with Crippen LogP contribution in [0.1, 0.15) is 6.42 Å². The Morgan fingerprint density at radius 1 is 1.33 bits per heavy atom. The largest absolute Gasteiger partial charge is 0.405 e. The van der Waals surface area contributed by atoms with E-state index in [0.717, 1.165) is 0 Å². The molecule has 4 heterocycles. The first-order chi connectivity index (χ1) is 14.2. The van der Waals surface area contributed by atoms with Crippen molar-refractivity contribution < 1.29 is 22.4 Å². The van der Waals surface area contributed by atoms with Gasteiger partial charge in [0.05, 0.1) is 11.6 Å². The van der Waals surface area contributed by atoms with Crippen LogP contribution in [0.15, 0.2) is 24.8 Å². The molecule has 0 saturated carbocycles. The van der Waals surface area contributed by atoms with Gasteiger partial charge < -0.3 is 15.2 Å². The van der Waals surface area contributed by atoms with E-state index >= 15 is 0 Å². The van der Waals surface area contributed by atoms with Crippen molar-refractivity contribution in [2.45, 2.75) is 24.8 Å². The van der Waals surface area contributed by atoms with Gasteiger partial charge in [0.2, 0.25) is 11.9 Å². The molecule has 3 aromatic rings. The Morgan fingerprint density at radius 3 is 2.90 bits per heavy atom. The molecule has 1 fully saturated rings. The highest BCUT2D eigenvalue weighted by molar-refractivity contribution is 6.31. The molecule has 1 saturated heterocycles. The molecule has 0 bridgehead atoms. The molecule has 158 valence electrons. The van der Waals surface area contributed by atoms with E-state index in [2.05, 4.69) is 24.9 Å². The van der Waals surface area contributed by atoms with Gasteiger partial charge in [-0.05, 0) is 6.07 Å². The van der Waals surface area contributed by atoms with Gasteiger partial charge >= 0.3 is 6.18 Å². The van der Waals surface area contributed by atoms with E-state index in [-0.39, 0.29) is 24.7 Å². The predicted octanol–water partition coefficient (Wildman–Crippen LogP) is 2.66. The minimum Gasteiger partial charge on any atom is -0.345 e. The number of rotatable bonds is 4. The van der Waals surface area contributed by atoms with Gasteiger partial charge in [0.15, 0.2) is 5.82 Å². The molecule has 3 aromatic heterocycles. The molecular weight excluding hydrogens is 430 g/mol. The maximum absolute atomic E-state index is 14.0. The molecular formula is C17H14ClF4N7O. The van der Waals surface area contributed by atoms with Gasteiger partial charge in [-0.1, -0.05) is 11.6 Å². The first-order valence-corrected chi connectivity index (χ1v) is 9.16. The summed E-state index contributed by atoms with van der Waals surface area (Å²) in [5, 5.41) is 2.83. The van der Waals surface area contributed by atoms with E-state index in [1.807, 2.05) is 0 Å². The minimum atomic E-state index is -4.57. The molecule has 1 aliphatic rings. The quantitative estimate of drug-likeness (QED) is 0.601. The number of nitrogens with zero attached hydrogens (tertiary/aromatic N) is 5. The highest BCUT2D eigenvalue weighted by Crippen LogP contribution is 2.30. The van der Waals surface area contributed by atoms with E-state index in [9.17, 15) is 22.4 Å². The summed E-state index contributed by atoms with van der Waals surface area (Å²) in [6, 6.07) is 0.497. The Hall–Kier alpha value is -3.02. The summed E-state index contributed by atoms with van der Waals surface area (Å²) < 4.78 is 51.3. The number of pyridine rings is 1. The minimum absolute atomic E-state index is 0.0170. The molecule has 13 heteroatoms. The Balaban J connectivity index is 1.63. The van der Waals surface area contributed by atoms with Crippen LogP contribution >= 0.6 is 11.6 Å². The Morgan fingerprint density at radius 2 is 2.13 bits per heavy atom. The zero-order valence-electron chi connectivity index (χ0n) is 15.1. The van der Waals surface area contributed by atoms with Crippen LogP contribution < -0.4 is 10.2 Å². The van der Waals surface area contributed by atoms with E-state index in [4.69, 9.17) is 11.6 Å². The van der Waals surface area contributed by atoms with Crippen molar-refractivity contribution in [3.63, 3.8) is 0 Å². The topological polar surface area (TPSA) is 99.7 Å². The molecule has 0 spiro atoms. The number of carbonyl (C=O) groups is 1. The first kappa shape index (κ1) is 20.3. The molecule has 2 N–H and O–H groups in total. The number of aromatic amines is 1. The Bertz CT molecular complexity index is 1090. The number of H-pyrrole nitrogens is 1. The van der Waals surface area contributed by atoms with Gasteiger partial charge in [-0.3, -0.25) is 4.79 Å². The molecule has 30 heavy (non-hydrogen) atoms. The predicted molar refractivity (Wildman–Crippen MR) is 99.6 cm³/mol. The summed E-state index contributed by atoms with van der Waals surface area (Å²) in [6.07, 6.45) is -1.98. The van der Waals surface area contributed by atoms with Gasteiger partial charge in [0.1, 0.15) is 30.7 Å². The molecule has 0 aliphatic carbocycles. The van der Waals surface area contributed by atoms with Crippen molar-refractivity contribution in [1.29, 1.82) is 0 Å². The Kier molecular flexibility index (Phi) is 5.18. The van der Waals surface area contributed by atoms with E-state index in [0.29, 0.717) is 21.6 Å². The first-order valence-electron chi connectivity index (χ1n) is 8.78. The fraction of sp³-hybridized carbons (Fsp3) is 0.353. The Labute approximate surface area is 171 Å². The number of halogens is 5. The zero-order valence-corrected chi connectivity index (χ0v) is 15.9. The maximum atomic E-state index is 14.0. The van der Waals surface area contributed by atoms with Crippen molar-refractivity contribution >= 4 is 34.5 Å². The molecule has 0 unspecified atom stereocenters. The smallest absolute Gasteiger partial charge is 0.345 e. The fourth-order valence-corrected chi connectivity index (χ4v) is 3.44. The average Bonchev–Trinajstić information content (AvgIpc) is 3.29. The van der Waals surface area contributed by atoms with E-state index < -0.39 is 30.8 Å². The third-order valence-electron chi connectivity index (χ3n) is 4.57. The molecule has 4 rings (SSSR count). The van der Waals surface area contributed by atoms with Crippen LogP contribution in [0.2, 0.25) is 5.02 Å². The van der Waals surface area contributed by atoms with Gasteiger partial charge in [-0.2, -0.15) is 18.2 Å². The van der Waals surface area contributed by atoms with Crippen LogP contribution in [-0.2, 0) is 4.79 Å². The van der Waals surface area contributed by atoms with Crippen molar-refractivity contribution in [1.82, 2.24) is 30.2 Å². The number of anilines is 1. The highest BCUT2D eigenvalue weighted by Gasteiger charge is 2.40. The zero-order chi connectivity index (χ0) is 21.5. The average molecular weight is 444 g/mol. The van der Waals surface area contributed by atoms with Gasteiger partial charge in [0, 0.05) is 29.8 Å². The molecule has 0 aromatic carbocycles. The highest BCUT2D eigenvalue weighted by atomic mass is 35.5. The van der Waals surface area contributed by atoms with Crippen molar-refractivity contribution in [3.8, 4) is 11.4 Å². The third-order valence-corrected chi connectivity index (χ3v) is 4.78. The van der Waals surface area contributed by atoms with Crippen molar-refractivity contribution in [3.05, 3.63) is 29.8 Å². The second-order valence-electron chi connectivity index (χ2n) is 6.70. The normalized spacial score (nSPS) is 19.4. The summed E-state index contributed by atoms with van der Waals surface area (Å²) >= 11 is 6.00. The van der Waals surface area contributed by atoms with Gasteiger partial charge in [0.25, 0.3) is 0 Å². The molecule has 8 nitrogen and oxygen atoms in total. The standard InChI is InChI=1S/C17H14ClF4N7O/c18-8-1-10-11(4-24-13(10)23-3-8)14-26-7-27-16(28-14)29-5-9(19)2-12(29)15(30)25-6-17(20,21)22/h1,3-4,7,9,12H,2,5-6H2,(H,23,24)(H,25,30)/t9-,12-/m0/s1. The summed E-state index contributed by atoms with van der Waals surface area (Å²) in [5.74, 6) is -0.749. The number of hydrogen-bond donors (Lipinski definition) is 2. The molecule has 1 aliphatic heterocycles. The fourth-order valence-electron chi connectivity index (χ4n) is 3.28. The lowest BCUT2D eigenvalue weighted by molar-refractivity contribution is -0.139. The third kappa shape index (κ3) is 4.13. The van der Waals surface area contributed by atoms with Crippen molar-refractivity contribution in [2.75, 3.05) is 18.0 Å². The number of amides is 1. The number of nitrogens with one attached hydrogen (secondary N) is 2. The summed E-state index contributed by atoms with van der Waals surface area (Å²) in [7, 11) is 0. The van der Waals surface area contributed by atoms with Crippen LogP contribution in [0.5, 0.6) is 0 Å². The second kappa shape index (κ2) is 7.67. The number of aromatic nitrogens is 5. The lowest BCUT2D eigenvalue weighted by Crippen LogP contribution is -2.46. The van der Waals surface area contributed by atoms with Crippen LogP contribution in [0, 0.1) is 0 Å². The summed E-state index contributed by atoms with van der Waals surface area (Å²) in [5.41, 5.74) is 1.10. The maximum Gasteiger partial charge on any atom is 0.405 e. The van der Waals surface area contributed by atoms with Crippen LogP contribution in [0.3, 0.4) is 0 Å². The van der Waals surface area contributed by atoms with Crippen LogP contribution in [0.25, 0.3) is 22.4 Å². The van der Waals surface area contributed by atoms with E-state index in [1.165, 1.54) is 17.4 Å². The number of hydrogen-bond acceptors (Lipinski definition) is 6. The summed E-state index contributed by atoms with van der Waals surface area (Å²) in [4.78, 5) is 33.0. The van der Waals surface area contributed by atoms with E-state index in [1.54, 1.807) is 17.6 Å². The second-order valence-corrected chi connectivity index (χ2v) is 7.13. The monoisotopic (exact) mass is 443 g/mol. The summed E-state index contributed by atoms with van der Waals surface area (Å²) in [6.45, 7) is -1.73. The lowest BCUT2D eigenvalue weighted by Gasteiger charge is -2.23.